The summed E-state index contributed by atoms with van der Waals surface area (Å²) >= 11 is 11.6. The van der Waals surface area contributed by atoms with Gasteiger partial charge < -0.3 is 10.1 Å². The molecule has 2 aromatic carbocycles. The summed E-state index contributed by atoms with van der Waals surface area (Å²) in [5.41, 5.74) is 0.292. The van der Waals surface area contributed by atoms with E-state index in [1.54, 1.807) is 0 Å². The van der Waals surface area contributed by atoms with Crippen LogP contribution in [-0.2, 0) is 19.6 Å². The average Bonchev–Trinajstić information content (AvgIpc) is 2.51. The van der Waals surface area contributed by atoms with E-state index in [0.717, 1.165) is 0 Å². The van der Waals surface area contributed by atoms with Gasteiger partial charge in [0.05, 0.1) is 10.5 Å². The molecule has 0 bridgehead atoms. The second kappa shape index (κ2) is 7.83. The van der Waals surface area contributed by atoms with Crippen molar-refractivity contribution in [2.24, 2.45) is 5.14 Å². The third-order valence-electron chi connectivity index (χ3n) is 2.88. The molecule has 0 radical (unpaired) electrons. The van der Waals surface area contributed by atoms with E-state index in [4.69, 9.17) is 33.1 Å². The van der Waals surface area contributed by atoms with E-state index in [9.17, 15) is 18.0 Å². The third-order valence-corrected chi connectivity index (χ3v) is 4.23. The molecule has 0 aliphatic carbocycles. The molecule has 132 valence electrons. The van der Waals surface area contributed by atoms with Gasteiger partial charge in [-0.25, -0.2) is 18.4 Å². The predicted octanol–water partition coefficient (Wildman–Crippen LogP) is 2.44. The van der Waals surface area contributed by atoms with Crippen LogP contribution < -0.4 is 10.5 Å². The fourth-order valence-electron chi connectivity index (χ4n) is 1.83. The zero-order valence-corrected chi connectivity index (χ0v) is 14.9. The molecule has 10 heteroatoms. The molecule has 0 spiro atoms. The maximum Gasteiger partial charge on any atom is 0.338 e. The summed E-state index contributed by atoms with van der Waals surface area (Å²) in [5.74, 6) is -1.44. The van der Waals surface area contributed by atoms with E-state index in [1.165, 1.54) is 42.5 Å². The van der Waals surface area contributed by atoms with Crippen molar-refractivity contribution in [1.82, 2.24) is 0 Å². The molecule has 3 N–H and O–H groups in total. The van der Waals surface area contributed by atoms with Crippen molar-refractivity contribution in [1.29, 1.82) is 0 Å². The van der Waals surface area contributed by atoms with Crippen LogP contribution in [0.15, 0.2) is 47.4 Å². The molecule has 0 saturated heterocycles. The van der Waals surface area contributed by atoms with Crippen molar-refractivity contribution >= 4 is 50.8 Å². The molecule has 2 aromatic rings. The number of ether oxygens (including phenoxy) is 1. The molecule has 0 unspecified atom stereocenters. The minimum Gasteiger partial charge on any atom is -0.452 e. The van der Waals surface area contributed by atoms with Gasteiger partial charge in [-0.2, -0.15) is 0 Å². The van der Waals surface area contributed by atoms with Crippen LogP contribution in [0.3, 0.4) is 0 Å². The summed E-state index contributed by atoms with van der Waals surface area (Å²) in [6.07, 6.45) is 0. The molecular weight excluding hydrogens is 391 g/mol. The van der Waals surface area contributed by atoms with Gasteiger partial charge in [-0.05, 0) is 36.4 Å². The van der Waals surface area contributed by atoms with Crippen LogP contribution in [0, 0.1) is 0 Å². The fourth-order valence-corrected chi connectivity index (χ4v) is 2.92. The SMILES string of the molecule is NS(=O)(=O)c1cccc(NC(=O)COC(=O)c2cc(Cl)cc(Cl)c2)c1. The van der Waals surface area contributed by atoms with Gasteiger partial charge in [-0.3, -0.25) is 4.79 Å². The highest BCUT2D eigenvalue weighted by atomic mass is 35.5. The molecule has 0 heterocycles. The Morgan fingerprint density at radius 1 is 1.08 bits per heavy atom. The van der Waals surface area contributed by atoms with Crippen molar-refractivity contribution in [3.8, 4) is 0 Å². The monoisotopic (exact) mass is 402 g/mol. The molecule has 7 nitrogen and oxygen atoms in total. The van der Waals surface area contributed by atoms with Crippen molar-refractivity contribution in [2.45, 2.75) is 4.90 Å². The maximum absolute atomic E-state index is 11.9. The lowest BCUT2D eigenvalue weighted by Crippen LogP contribution is -2.21. The van der Waals surface area contributed by atoms with Crippen molar-refractivity contribution < 1.29 is 22.7 Å². The molecule has 0 atom stereocenters. The maximum atomic E-state index is 11.9. The second-order valence-electron chi connectivity index (χ2n) is 4.86. The second-order valence-corrected chi connectivity index (χ2v) is 7.29. The Labute approximate surface area is 153 Å². The number of carbonyl (C=O) groups is 2. The van der Waals surface area contributed by atoms with Crippen LogP contribution >= 0.6 is 23.2 Å². The van der Waals surface area contributed by atoms with E-state index >= 15 is 0 Å². The lowest BCUT2D eigenvalue weighted by Gasteiger charge is -2.08. The van der Waals surface area contributed by atoms with Crippen LogP contribution in [0.5, 0.6) is 0 Å². The zero-order chi connectivity index (χ0) is 18.6. The Balaban J connectivity index is 1.98. The van der Waals surface area contributed by atoms with E-state index < -0.39 is 28.5 Å². The number of halogens is 2. The van der Waals surface area contributed by atoms with Gasteiger partial charge in [0.25, 0.3) is 5.91 Å². The van der Waals surface area contributed by atoms with E-state index in [2.05, 4.69) is 5.32 Å². The van der Waals surface area contributed by atoms with Crippen LogP contribution in [-0.4, -0.2) is 26.9 Å². The normalized spacial score (nSPS) is 11.0. The summed E-state index contributed by atoms with van der Waals surface area (Å²) in [4.78, 5) is 23.5. The number of hydrogen-bond donors (Lipinski definition) is 2. The predicted molar refractivity (Wildman–Crippen MR) is 93.2 cm³/mol. The van der Waals surface area contributed by atoms with E-state index in [-0.39, 0.29) is 26.2 Å². The number of nitrogens with one attached hydrogen (secondary N) is 1. The number of anilines is 1. The Bertz CT molecular complexity index is 911. The lowest BCUT2D eigenvalue weighted by atomic mass is 10.2. The highest BCUT2D eigenvalue weighted by Gasteiger charge is 2.13. The van der Waals surface area contributed by atoms with Crippen LogP contribution in [0.2, 0.25) is 10.0 Å². The van der Waals surface area contributed by atoms with Gasteiger partial charge in [0.1, 0.15) is 0 Å². The standard InChI is InChI=1S/C15H12Cl2N2O5S/c16-10-4-9(5-11(17)6-10)15(21)24-8-14(20)19-12-2-1-3-13(7-12)25(18,22)23/h1-7H,8H2,(H,19,20)(H2,18,22,23). The van der Waals surface area contributed by atoms with Crippen LogP contribution in [0.4, 0.5) is 5.69 Å². The number of primary sulfonamides is 1. The summed E-state index contributed by atoms with van der Waals surface area (Å²) in [5, 5.41) is 7.91. The number of rotatable bonds is 5. The molecule has 0 aliphatic rings. The van der Waals surface area contributed by atoms with Gasteiger partial charge in [0.2, 0.25) is 10.0 Å². The lowest BCUT2D eigenvalue weighted by molar-refractivity contribution is -0.119. The first-order chi connectivity index (χ1) is 11.6. The van der Waals surface area contributed by atoms with Crippen molar-refractivity contribution in [3.05, 3.63) is 58.1 Å². The molecule has 25 heavy (non-hydrogen) atoms. The van der Waals surface area contributed by atoms with Crippen LogP contribution in [0.25, 0.3) is 0 Å². The molecule has 0 saturated carbocycles. The largest absolute Gasteiger partial charge is 0.452 e. The summed E-state index contributed by atoms with van der Waals surface area (Å²) in [7, 11) is -3.89. The van der Waals surface area contributed by atoms with E-state index in [1.807, 2.05) is 0 Å². The molecule has 0 aliphatic heterocycles. The number of nitrogens with two attached hydrogens (primary N) is 1. The fraction of sp³-hybridized carbons (Fsp3) is 0.0667. The Morgan fingerprint density at radius 2 is 1.72 bits per heavy atom. The highest BCUT2D eigenvalue weighted by molar-refractivity contribution is 7.89. The minimum absolute atomic E-state index is 0.0986. The first kappa shape index (κ1) is 19.2. The van der Waals surface area contributed by atoms with E-state index in [0.29, 0.717) is 0 Å². The van der Waals surface area contributed by atoms with Gasteiger partial charge in [-0.15, -0.1) is 0 Å². The molecule has 1 amide bonds. The molecule has 2 rings (SSSR count). The quantitative estimate of drug-likeness (QED) is 0.744. The average molecular weight is 403 g/mol. The van der Waals surface area contributed by atoms with Gasteiger partial charge in [-0.1, -0.05) is 29.3 Å². The highest BCUT2D eigenvalue weighted by Crippen LogP contribution is 2.19. The first-order valence-corrected chi connectivity index (χ1v) is 9.01. The summed E-state index contributed by atoms with van der Waals surface area (Å²) in [6, 6.07) is 9.50. The number of carbonyl (C=O) groups excluding carboxylic acids is 2. The van der Waals surface area contributed by atoms with Crippen molar-refractivity contribution in [2.75, 3.05) is 11.9 Å². The number of hydrogen-bond acceptors (Lipinski definition) is 5. The van der Waals surface area contributed by atoms with Crippen LogP contribution in [0.1, 0.15) is 10.4 Å². The van der Waals surface area contributed by atoms with Crippen molar-refractivity contribution in [3.63, 3.8) is 0 Å². The topological polar surface area (TPSA) is 116 Å². The van der Waals surface area contributed by atoms with Gasteiger partial charge in [0, 0.05) is 15.7 Å². The van der Waals surface area contributed by atoms with Gasteiger partial charge in [0.15, 0.2) is 6.61 Å². The number of benzene rings is 2. The smallest absolute Gasteiger partial charge is 0.338 e. The summed E-state index contributed by atoms with van der Waals surface area (Å²) < 4.78 is 27.4. The Morgan fingerprint density at radius 3 is 2.32 bits per heavy atom. The molecule has 0 aromatic heterocycles. The van der Waals surface area contributed by atoms with Gasteiger partial charge >= 0.3 is 5.97 Å². The summed E-state index contributed by atoms with van der Waals surface area (Å²) in [6.45, 7) is -0.581. The number of sulfonamides is 1. The third kappa shape index (κ3) is 5.71. The molecular formula is C15H12Cl2N2O5S. The first-order valence-electron chi connectivity index (χ1n) is 6.71. The minimum atomic E-state index is -3.89. The number of esters is 1. The molecule has 0 fully saturated rings. The zero-order valence-electron chi connectivity index (χ0n) is 12.5. The Hall–Kier alpha value is -2.13. The number of amides is 1. The Kier molecular flexibility index (Phi) is 6.02.